The standard InChI is InChI=1S/C18H18N2O2S2/c1-10-15-13(5-6-14-16(15)20-11(2)24-14)22-17(10)18(21)19-8-7-12-4-3-9-23-12/h3-4,9H,5-8H2,1-2H3,(H,19,21). The molecule has 0 spiro atoms. The largest absolute Gasteiger partial charge is 0.455 e. The average Bonchev–Trinajstić information content (AvgIpc) is 3.25. The van der Waals surface area contributed by atoms with E-state index < -0.39 is 0 Å². The number of carbonyl (C=O) groups excluding carboxylic acids is 1. The first-order chi connectivity index (χ1) is 11.6. The second-order valence-corrected chi connectivity index (χ2v) is 8.26. The molecule has 1 amide bonds. The summed E-state index contributed by atoms with van der Waals surface area (Å²) in [5.74, 6) is 1.20. The number of hydrogen-bond acceptors (Lipinski definition) is 5. The second kappa shape index (κ2) is 6.18. The molecule has 1 N–H and O–H groups in total. The fourth-order valence-corrected chi connectivity index (χ4v) is 4.82. The number of fused-ring (bicyclic) bond motifs is 3. The van der Waals surface area contributed by atoms with Crippen molar-refractivity contribution in [3.63, 3.8) is 0 Å². The molecule has 1 aliphatic carbocycles. The number of aryl methyl sites for hydroxylation is 3. The molecule has 24 heavy (non-hydrogen) atoms. The molecule has 124 valence electrons. The van der Waals surface area contributed by atoms with Gasteiger partial charge in [0.05, 0.1) is 10.7 Å². The van der Waals surface area contributed by atoms with E-state index in [-0.39, 0.29) is 5.91 Å². The minimum atomic E-state index is -0.132. The number of nitrogens with one attached hydrogen (secondary N) is 1. The predicted octanol–water partition coefficient (Wildman–Crippen LogP) is 4.15. The monoisotopic (exact) mass is 358 g/mol. The van der Waals surface area contributed by atoms with Gasteiger partial charge < -0.3 is 9.73 Å². The Labute approximate surface area is 148 Å². The predicted molar refractivity (Wildman–Crippen MR) is 97.1 cm³/mol. The van der Waals surface area contributed by atoms with Crippen LogP contribution in [0.4, 0.5) is 0 Å². The lowest BCUT2D eigenvalue weighted by Crippen LogP contribution is -2.25. The van der Waals surface area contributed by atoms with Gasteiger partial charge >= 0.3 is 0 Å². The molecule has 0 radical (unpaired) electrons. The van der Waals surface area contributed by atoms with Gasteiger partial charge in [-0.25, -0.2) is 4.98 Å². The van der Waals surface area contributed by atoms with Crippen molar-refractivity contribution in [1.82, 2.24) is 10.3 Å². The summed E-state index contributed by atoms with van der Waals surface area (Å²) >= 11 is 3.45. The number of nitrogens with zero attached hydrogens (tertiary/aromatic N) is 1. The number of aromatic nitrogens is 1. The molecule has 3 heterocycles. The highest BCUT2D eigenvalue weighted by Gasteiger charge is 2.29. The number of rotatable bonds is 4. The molecular formula is C18H18N2O2S2. The zero-order valence-corrected chi connectivity index (χ0v) is 15.3. The highest BCUT2D eigenvalue weighted by molar-refractivity contribution is 7.12. The van der Waals surface area contributed by atoms with Crippen LogP contribution < -0.4 is 5.32 Å². The third-order valence-corrected chi connectivity index (χ3v) is 6.25. The van der Waals surface area contributed by atoms with E-state index in [1.165, 1.54) is 9.75 Å². The molecule has 0 bridgehead atoms. The highest BCUT2D eigenvalue weighted by Crippen LogP contribution is 2.40. The summed E-state index contributed by atoms with van der Waals surface area (Å²) in [7, 11) is 0. The van der Waals surface area contributed by atoms with E-state index in [0.717, 1.165) is 46.9 Å². The van der Waals surface area contributed by atoms with Crippen LogP contribution in [0.2, 0.25) is 0 Å². The molecule has 4 rings (SSSR count). The van der Waals surface area contributed by atoms with E-state index in [9.17, 15) is 4.79 Å². The number of hydrogen-bond donors (Lipinski definition) is 1. The molecule has 3 aromatic rings. The zero-order valence-electron chi connectivity index (χ0n) is 13.6. The number of carbonyl (C=O) groups is 1. The molecule has 0 unspecified atom stereocenters. The normalized spacial score (nSPS) is 12.8. The van der Waals surface area contributed by atoms with E-state index in [0.29, 0.717) is 12.3 Å². The highest BCUT2D eigenvalue weighted by atomic mass is 32.1. The average molecular weight is 358 g/mol. The van der Waals surface area contributed by atoms with Crippen molar-refractivity contribution in [2.24, 2.45) is 0 Å². The van der Waals surface area contributed by atoms with Gasteiger partial charge in [0, 0.05) is 33.8 Å². The van der Waals surface area contributed by atoms with Crippen molar-refractivity contribution in [2.45, 2.75) is 33.1 Å². The minimum absolute atomic E-state index is 0.132. The molecule has 3 aromatic heterocycles. The first-order valence-corrected chi connectivity index (χ1v) is 9.72. The Morgan fingerprint density at radius 3 is 3.04 bits per heavy atom. The summed E-state index contributed by atoms with van der Waals surface area (Å²) < 4.78 is 5.91. The van der Waals surface area contributed by atoms with Gasteiger partial charge in [0.1, 0.15) is 5.76 Å². The molecular weight excluding hydrogens is 340 g/mol. The zero-order chi connectivity index (χ0) is 16.7. The smallest absolute Gasteiger partial charge is 0.287 e. The Hall–Kier alpha value is -1.92. The number of amides is 1. The van der Waals surface area contributed by atoms with Crippen LogP contribution in [0.15, 0.2) is 21.9 Å². The van der Waals surface area contributed by atoms with E-state index >= 15 is 0 Å². The number of thiophene rings is 1. The molecule has 4 nitrogen and oxygen atoms in total. The molecule has 0 saturated carbocycles. The van der Waals surface area contributed by atoms with Crippen LogP contribution in [-0.4, -0.2) is 17.4 Å². The molecule has 0 atom stereocenters. The summed E-state index contributed by atoms with van der Waals surface area (Å²) in [4.78, 5) is 19.7. The van der Waals surface area contributed by atoms with Gasteiger partial charge in [-0.1, -0.05) is 6.07 Å². The fourth-order valence-electron chi connectivity index (χ4n) is 3.17. The van der Waals surface area contributed by atoms with Gasteiger partial charge in [-0.2, -0.15) is 0 Å². The van der Waals surface area contributed by atoms with E-state index in [4.69, 9.17) is 4.42 Å². The summed E-state index contributed by atoms with van der Waals surface area (Å²) in [5.41, 5.74) is 2.95. The first-order valence-electron chi connectivity index (χ1n) is 8.03. The van der Waals surface area contributed by atoms with E-state index in [1.54, 1.807) is 22.7 Å². The maximum absolute atomic E-state index is 12.5. The van der Waals surface area contributed by atoms with Crippen molar-refractivity contribution in [3.05, 3.63) is 49.4 Å². The lowest BCUT2D eigenvalue weighted by Gasteiger charge is -2.09. The van der Waals surface area contributed by atoms with Crippen LogP contribution in [0.3, 0.4) is 0 Å². The van der Waals surface area contributed by atoms with Crippen LogP contribution in [0, 0.1) is 13.8 Å². The Bertz CT molecular complexity index is 891. The van der Waals surface area contributed by atoms with Crippen molar-refractivity contribution < 1.29 is 9.21 Å². The minimum Gasteiger partial charge on any atom is -0.455 e. The first kappa shape index (κ1) is 15.6. The van der Waals surface area contributed by atoms with Crippen LogP contribution >= 0.6 is 22.7 Å². The van der Waals surface area contributed by atoms with Gasteiger partial charge in [0.25, 0.3) is 5.91 Å². The van der Waals surface area contributed by atoms with E-state index in [1.807, 2.05) is 19.9 Å². The van der Waals surface area contributed by atoms with Crippen LogP contribution in [0.5, 0.6) is 0 Å². The van der Waals surface area contributed by atoms with Gasteiger partial charge in [-0.3, -0.25) is 4.79 Å². The quantitative estimate of drug-likeness (QED) is 0.762. The van der Waals surface area contributed by atoms with Crippen LogP contribution in [0.1, 0.15) is 36.6 Å². The SMILES string of the molecule is Cc1nc2c(s1)CCc1oc(C(=O)NCCc3cccs3)c(C)c1-2. The molecule has 6 heteroatoms. The second-order valence-electron chi connectivity index (χ2n) is 5.94. The maximum atomic E-state index is 12.5. The van der Waals surface area contributed by atoms with Crippen molar-refractivity contribution in [2.75, 3.05) is 6.54 Å². The maximum Gasteiger partial charge on any atom is 0.287 e. The summed E-state index contributed by atoms with van der Waals surface area (Å²) in [6.45, 7) is 4.60. The Balaban J connectivity index is 1.55. The Morgan fingerprint density at radius 2 is 2.25 bits per heavy atom. The lowest BCUT2D eigenvalue weighted by molar-refractivity contribution is 0.0924. The molecule has 0 fully saturated rings. The molecule has 1 aliphatic rings. The van der Waals surface area contributed by atoms with Crippen molar-refractivity contribution in [3.8, 4) is 11.3 Å². The summed E-state index contributed by atoms with van der Waals surface area (Å²) in [6, 6.07) is 4.11. The summed E-state index contributed by atoms with van der Waals surface area (Å²) in [5, 5.41) is 6.09. The van der Waals surface area contributed by atoms with E-state index in [2.05, 4.69) is 21.7 Å². The van der Waals surface area contributed by atoms with Crippen LogP contribution in [0.25, 0.3) is 11.3 Å². The van der Waals surface area contributed by atoms with Crippen molar-refractivity contribution >= 4 is 28.6 Å². The third kappa shape index (κ3) is 2.70. The molecule has 0 aliphatic heterocycles. The molecule has 0 aromatic carbocycles. The Kier molecular flexibility index (Phi) is 4.02. The topological polar surface area (TPSA) is 55.1 Å². The van der Waals surface area contributed by atoms with Gasteiger partial charge in [0.15, 0.2) is 5.76 Å². The van der Waals surface area contributed by atoms with Gasteiger partial charge in [0.2, 0.25) is 0 Å². The Morgan fingerprint density at radius 1 is 1.38 bits per heavy atom. The lowest BCUT2D eigenvalue weighted by atomic mass is 9.97. The van der Waals surface area contributed by atoms with Crippen molar-refractivity contribution in [1.29, 1.82) is 0 Å². The number of furan rings is 1. The van der Waals surface area contributed by atoms with Gasteiger partial charge in [-0.15, -0.1) is 22.7 Å². The number of thiazole rings is 1. The summed E-state index contributed by atoms with van der Waals surface area (Å²) in [6.07, 6.45) is 2.63. The fraction of sp³-hybridized carbons (Fsp3) is 0.333. The molecule has 0 saturated heterocycles. The van der Waals surface area contributed by atoms with Crippen LogP contribution in [-0.2, 0) is 19.3 Å². The van der Waals surface area contributed by atoms with Gasteiger partial charge in [-0.05, 0) is 38.1 Å². The third-order valence-electron chi connectivity index (χ3n) is 4.28.